The Labute approximate surface area is 127 Å². The molecule has 0 bridgehead atoms. The van der Waals surface area contributed by atoms with Gasteiger partial charge in [0.2, 0.25) is 0 Å². The summed E-state index contributed by atoms with van der Waals surface area (Å²) in [6.07, 6.45) is 9.47. The summed E-state index contributed by atoms with van der Waals surface area (Å²) in [5.41, 5.74) is 5.53. The summed E-state index contributed by atoms with van der Waals surface area (Å²) in [4.78, 5) is 11.4. The summed E-state index contributed by atoms with van der Waals surface area (Å²) in [5, 5.41) is 2.87. The molecule has 1 amide bonds. The standard InChI is InChI=1S/C12H15NO2.C5H11N/c14-12(13-10-6-4-5-7-10)15-11-8-2-1-3-9-11;6-5-3-1-2-4-5/h1-3,8-10H,4-7H2,(H,13,14);5H,1-4,6H2. The predicted octanol–water partition coefficient (Wildman–Crippen LogP) is 3.61. The number of rotatable bonds is 2. The number of hydrogen-bond donors (Lipinski definition) is 2. The topological polar surface area (TPSA) is 64.4 Å². The van der Waals surface area contributed by atoms with E-state index in [0.717, 1.165) is 12.8 Å². The van der Waals surface area contributed by atoms with Gasteiger partial charge in [-0.25, -0.2) is 4.79 Å². The minimum Gasteiger partial charge on any atom is -0.410 e. The molecule has 3 rings (SSSR count). The first-order chi connectivity index (χ1) is 10.2. The Bertz CT molecular complexity index is 410. The van der Waals surface area contributed by atoms with Crippen LogP contribution in [0.15, 0.2) is 30.3 Å². The molecule has 0 spiro atoms. The van der Waals surface area contributed by atoms with Crippen LogP contribution in [0.25, 0.3) is 0 Å². The van der Waals surface area contributed by atoms with Crippen molar-refractivity contribution in [2.45, 2.75) is 63.5 Å². The summed E-state index contributed by atoms with van der Waals surface area (Å²) < 4.78 is 5.13. The molecule has 2 fully saturated rings. The normalized spacial score (nSPS) is 18.9. The summed E-state index contributed by atoms with van der Waals surface area (Å²) in [5.74, 6) is 0.591. The molecule has 2 saturated carbocycles. The average Bonchev–Trinajstić information content (AvgIpc) is 3.14. The molecule has 3 N–H and O–H groups in total. The number of hydrogen-bond acceptors (Lipinski definition) is 3. The number of benzene rings is 1. The van der Waals surface area contributed by atoms with Crippen LogP contribution in [0.3, 0.4) is 0 Å². The van der Waals surface area contributed by atoms with Crippen molar-refractivity contribution in [2.24, 2.45) is 5.73 Å². The van der Waals surface area contributed by atoms with Gasteiger partial charge >= 0.3 is 6.09 Å². The minimum atomic E-state index is -0.340. The Morgan fingerprint density at radius 2 is 1.57 bits per heavy atom. The van der Waals surface area contributed by atoms with Crippen LogP contribution < -0.4 is 15.8 Å². The molecule has 4 nitrogen and oxygen atoms in total. The molecule has 0 heterocycles. The number of nitrogens with two attached hydrogens (primary N) is 1. The molecule has 21 heavy (non-hydrogen) atoms. The van der Waals surface area contributed by atoms with Crippen LogP contribution in [0.5, 0.6) is 5.75 Å². The second-order valence-electron chi connectivity index (χ2n) is 5.87. The first-order valence-corrected chi connectivity index (χ1v) is 8.03. The summed E-state index contributed by atoms with van der Waals surface area (Å²) in [7, 11) is 0. The third-order valence-corrected chi connectivity index (χ3v) is 4.03. The molecular formula is C17H26N2O2. The fourth-order valence-electron chi connectivity index (χ4n) is 2.82. The Morgan fingerprint density at radius 3 is 2.10 bits per heavy atom. The van der Waals surface area contributed by atoms with Crippen LogP contribution in [0.1, 0.15) is 51.4 Å². The van der Waals surface area contributed by atoms with Crippen LogP contribution in [-0.4, -0.2) is 18.2 Å². The number of carbonyl (C=O) groups is 1. The van der Waals surface area contributed by atoms with Gasteiger partial charge in [-0.1, -0.05) is 43.9 Å². The summed E-state index contributed by atoms with van der Waals surface area (Å²) >= 11 is 0. The van der Waals surface area contributed by atoms with Crippen molar-refractivity contribution in [1.29, 1.82) is 0 Å². The lowest BCUT2D eigenvalue weighted by Gasteiger charge is -2.11. The average molecular weight is 290 g/mol. The molecule has 0 aromatic heterocycles. The van der Waals surface area contributed by atoms with E-state index >= 15 is 0 Å². The molecule has 0 radical (unpaired) electrons. The highest BCUT2D eigenvalue weighted by atomic mass is 16.6. The van der Waals surface area contributed by atoms with Crippen LogP contribution >= 0.6 is 0 Å². The zero-order chi connectivity index (χ0) is 14.9. The molecule has 116 valence electrons. The maximum absolute atomic E-state index is 11.4. The van der Waals surface area contributed by atoms with Crippen molar-refractivity contribution >= 4 is 6.09 Å². The van der Waals surface area contributed by atoms with Crippen molar-refractivity contribution in [1.82, 2.24) is 5.32 Å². The van der Waals surface area contributed by atoms with Gasteiger partial charge < -0.3 is 15.8 Å². The van der Waals surface area contributed by atoms with Gasteiger partial charge in [0.1, 0.15) is 5.75 Å². The van der Waals surface area contributed by atoms with Crippen LogP contribution in [0.4, 0.5) is 4.79 Å². The molecule has 0 saturated heterocycles. The largest absolute Gasteiger partial charge is 0.412 e. The Balaban J connectivity index is 0.000000225. The van der Waals surface area contributed by atoms with E-state index in [4.69, 9.17) is 10.5 Å². The Morgan fingerprint density at radius 1 is 1.00 bits per heavy atom. The predicted molar refractivity (Wildman–Crippen MR) is 84.3 cm³/mol. The highest BCUT2D eigenvalue weighted by Gasteiger charge is 2.17. The van der Waals surface area contributed by atoms with Gasteiger partial charge in [0.25, 0.3) is 0 Å². The van der Waals surface area contributed by atoms with E-state index in [-0.39, 0.29) is 6.09 Å². The number of ether oxygens (including phenoxy) is 1. The maximum atomic E-state index is 11.4. The van der Waals surface area contributed by atoms with Gasteiger partial charge in [-0.15, -0.1) is 0 Å². The van der Waals surface area contributed by atoms with E-state index < -0.39 is 0 Å². The van der Waals surface area contributed by atoms with Crippen LogP contribution in [0.2, 0.25) is 0 Å². The molecular weight excluding hydrogens is 264 g/mol. The van der Waals surface area contributed by atoms with Gasteiger partial charge in [0.05, 0.1) is 0 Å². The van der Waals surface area contributed by atoms with Crippen molar-refractivity contribution < 1.29 is 9.53 Å². The van der Waals surface area contributed by atoms with Crippen LogP contribution in [0, 0.1) is 0 Å². The third-order valence-electron chi connectivity index (χ3n) is 4.03. The lowest BCUT2D eigenvalue weighted by atomic mass is 10.3. The number of nitrogens with one attached hydrogen (secondary N) is 1. The van der Waals surface area contributed by atoms with E-state index in [1.54, 1.807) is 12.1 Å². The maximum Gasteiger partial charge on any atom is 0.412 e. The van der Waals surface area contributed by atoms with Crippen molar-refractivity contribution in [3.8, 4) is 5.75 Å². The highest BCUT2D eigenvalue weighted by molar-refractivity contribution is 5.70. The zero-order valence-electron chi connectivity index (χ0n) is 12.6. The van der Waals surface area contributed by atoms with Gasteiger partial charge in [-0.3, -0.25) is 0 Å². The monoisotopic (exact) mass is 290 g/mol. The van der Waals surface area contributed by atoms with E-state index in [0.29, 0.717) is 17.8 Å². The second-order valence-corrected chi connectivity index (χ2v) is 5.87. The minimum absolute atomic E-state index is 0.307. The summed E-state index contributed by atoms with van der Waals surface area (Å²) in [6.45, 7) is 0. The molecule has 2 aliphatic rings. The van der Waals surface area contributed by atoms with E-state index in [2.05, 4.69) is 5.32 Å². The van der Waals surface area contributed by atoms with Gasteiger partial charge in [-0.05, 0) is 37.8 Å². The molecule has 0 aliphatic heterocycles. The third kappa shape index (κ3) is 6.17. The first kappa shape index (κ1) is 15.8. The van der Waals surface area contributed by atoms with E-state index in [1.165, 1.54) is 38.5 Å². The fraction of sp³-hybridized carbons (Fsp3) is 0.588. The second kappa shape index (κ2) is 8.67. The molecule has 0 atom stereocenters. The van der Waals surface area contributed by atoms with Crippen molar-refractivity contribution in [3.05, 3.63) is 30.3 Å². The molecule has 4 heteroatoms. The highest BCUT2D eigenvalue weighted by Crippen LogP contribution is 2.18. The van der Waals surface area contributed by atoms with Gasteiger partial charge in [0, 0.05) is 12.1 Å². The first-order valence-electron chi connectivity index (χ1n) is 8.03. The van der Waals surface area contributed by atoms with E-state index in [9.17, 15) is 4.79 Å². The number of amides is 1. The van der Waals surface area contributed by atoms with Crippen LogP contribution in [-0.2, 0) is 0 Å². The smallest absolute Gasteiger partial charge is 0.410 e. The lowest BCUT2D eigenvalue weighted by Crippen LogP contribution is -2.34. The molecule has 1 aromatic carbocycles. The lowest BCUT2D eigenvalue weighted by molar-refractivity contribution is 0.196. The molecule has 1 aromatic rings. The Hall–Kier alpha value is -1.55. The fourth-order valence-corrected chi connectivity index (χ4v) is 2.82. The number of para-hydroxylation sites is 1. The zero-order valence-corrected chi connectivity index (χ0v) is 12.6. The molecule has 2 aliphatic carbocycles. The SMILES string of the molecule is NC1CCCC1.O=C(NC1CCCC1)Oc1ccccc1. The molecule has 0 unspecified atom stereocenters. The van der Waals surface area contributed by atoms with Gasteiger partial charge in [0.15, 0.2) is 0 Å². The van der Waals surface area contributed by atoms with Crippen molar-refractivity contribution in [2.75, 3.05) is 0 Å². The van der Waals surface area contributed by atoms with E-state index in [1.807, 2.05) is 18.2 Å². The quantitative estimate of drug-likeness (QED) is 0.874. The summed E-state index contributed by atoms with van der Waals surface area (Å²) in [6, 6.07) is 9.98. The number of carbonyl (C=O) groups excluding carboxylic acids is 1. The van der Waals surface area contributed by atoms with Crippen molar-refractivity contribution in [3.63, 3.8) is 0 Å². The Kier molecular flexibility index (Phi) is 6.54. The van der Waals surface area contributed by atoms with Gasteiger partial charge in [-0.2, -0.15) is 0 Å².